The third-order valence-electron chi connectivity index (χ3n) is 4.27. The Kier molecular flexibility index (Phi) is 4.81. The summed E-state index contributed by atoms with van der Waals surface area (Å²) in [5, 5.41) is 40.1. The lowest BCUT2D eigenvalue weighted by molar-refractivity contribution is 0.440. The summed E-state index contributed by atoms with van der Waals surface area (Å²) >= 11 is 0. The zero-order valence-corrected chi connectivity index (χ0v) is 15.0. The fourth-order valence-electron chi connectivity index (χ4n) is 2.94. The molecule has 0 amide bonds. The lowest BCUT2D eigenvalue weighted by atomic mass is 10.0. The van der Waals surface area contributed by atoms with Gasteiger partial charge in [0.05, 0.1) is 5.56 Å². The van der Waals surface area contributed by atoms with Crippen LogP contribution in [0.5, 0.6) is 23.0 Å². The molecule has 0 aliphatic rings. The first-order valence-corrected chi connectivity index (χ1v) is 8.45. The summed E-state index contributed by atoms with van der Waals surface area (Å²) in [6, 6.07) is 6.32. The van der Waals surface area contributed by atoms with Gasteiger partial charge in [-0.05, 0) is 38.8 Å². The van der Waals surface area contributed by atoms with Crippen LogP contribution in [-0.4, -0.2) is 20.4 Å². The summed E-state index contributed by atoms with van der Waals surface area (Å²) in [7, 11) is 0. The molecular weight excluding hydrogens is 348 g/mol. The van der Waals surface area contributed by atoms with Crippen LogP contribution in [0.2, 0.25) is 0 Å². The van der Waals surface area contributed by atoms with Crippen molar-refractivity contribution in [1.82, 2.24) is 0 Å². The van der Waals surface area contributed by atoms with Crippen molar-refractivity contribution in [2.45, 2.75) is 26.7 Å². The van der Waals surface area contributed by atoms with Gasteiger partial charge in [-0.3, -0.25) is 4.79 Å². The van der Waals surface area contributed by atoms with Crippen molar-refractivity contribution in [3.05, 3.63) is 57.8 Å². The van der Waals surface area contributed by atoms with E-state index >= 15 is 0 Å². The van der Waals surface area contributed by atoms with Gasteiger partial charge in [0.15, 0.2) is 5.43 Å². The van der Waals surface area contributed by atoms with Crippen molar-refractivity contribution >= 4 is 11.0 Å². The van der Waals surface area contributed by atoms with Gasteiger partial charge in [-0.2, -0.15) is 0 Å². The average molecular weight is 368 g/mol. The van der Waals surface area contributed by atoms with E-state index in [1.807, 2.05) is 19.9 Å². The van der Waals surface area contributed by atoms with Crippen LogP contribution in [-0.2, 0) is 6.42 Å². The highest BCUT2D eigenvalue weighted by molar-refractivity contribution is 5.88. The molecule has 0 aliphatic carbocycles. The number of phenols is 4. The largest absolute Gasteiger partial charge is 0.508 e. The molecule has 0 fully saturated rings. The molecule has 3 aromatic rings. The Bertz CT molecular complexity index is 1100. The van der Waals surface area contributed by atoms with Crippen LogP contribution in [0.1, 0.15) is 25.8 Å². The third kappa shape index (κ3) is 3.60. The second-order valence-corrected chi connectivity index (χ2v) is 6.59. The minimum absolute atomic E-state index is 0.00550. The fraction of sp³-hybridized carbons (Fsp3) is 0.190. The molecular formula is C21H20O6. The average Bonchev–Trinajstić information content (AvgIpc) is 2.56. The Balaban J connectivity index is 2.14. The summed E-state index contributed by atoms with van der Waals surface area (Å²) in [5.74, 6) is -0.805. The highest BCUT2D eigenvalue weighted by atomic mass is 16.3. The lowest BCUT2D eigenvalue weighted by Gasteiger charge is -2.11. The fourth-order valence-corrected chi connectivity index (χ4v) is 2.94. The number of allylic oxidation sites excluding steroid dienone is 2. The van der Waals surface area contributed by atoms with Gasteiger partial charge in [-0.25, -0.2) is 0 Å². The molecule has 6 nitrogen and oxygen atoms in total. The maximum Gasteiger partial charge on any atom is 0.197 e. The highest BCUT2D eigenvalue weighted by Crippen LogP contribution is 2.38. The van der Waals surface area contributed by atoms with Gasteiger partial charge in [0, 0.05) is 23.8 Å². The van der Waals surface area contributed by atoms with E-state index in [4.69, 9.17) is 4.42 Å². The van der Waals surface area contributed by atoms with Crippen LogP contribution in [0.25, 0.3) is 22.3 Å². The molecule has 0 atom stereocenters. The molecule has 140 valence electrons. The van der Waals surface area contributed by atoms with E-state index in [2.05, 4.69) is 0 Å². The van der Waals surface area contributed by atoms with Gasteiger partial charge < -0.3 is 24.8 Å². The van der Waals surface area contributed by atoms with E-state index in [1.54, 1.807) is 0 Å². The Morgan fingerprint density at radius 3 is 2.44 bits per heavy atom. The monoisotopic (exact) mass is 368 g/mol. The van der Waals surface area contributed by atoms with E-state index in [0.717, 1.165) is 17.7 Å². The molecule has 4 N–H and O–H groups in total. The number of phenolic OH excluding ortho intramolecular Hbond substituents is 4. The molecule has 0 bridgehead atoms. The molecule has 6 heteroatoms. The van der Waals surface area contributed by atoms with Crippen molar-refractivity contribution in [3.8, 4) is 34.3 Å². The van der Waals surface area contributed by atoms with Gasteiger partial charge in [0.2, 0.25) is 0 Å². The standard InChI is InChI=1S/C21H20O6/c1-11(2)4-3-5-14-16(24)9-19-20(21(14)26)17(25)10-18(27-19)13-7-6-12(22)8-15(13)23/h4,6-10,22-24,26H,3,5H2,1-2H3. The third-order valence-corrected chi connectivity index (χ3v) is 4.27. The number of hydrogen-bond acceptors (Lipinski definition) is 6. The number of aromatic hydroxyl groups is 4. The molecule has 0 radical (unpaired) electrons. The predicted molar refractivity (Wildman–Crippen MR) is 102 cm³/mol. The van der Waals surface area contributed by atoms with E-state index in [1.165, 1.54) is 18.2 Å². The van der Waals surface area contributed by atoms with E-state index in [9.17, 15) is 25.2 Å². The van der Waals surface area contributed by atoms with Crippen LogP contribution in [0.4, 0.5) is 0 Å². The summed E-state index contributed by atoms with van der Waals surface area (Å²) in [4.78, 5) is 12.6. The minimum Gasteiger partial charge on any atom is -0.508 e. The van der Waals surface area contributed by atoms with Gasteiger partial charge in [-0.1, -0.05) is 11.6 Å². The van der Waals surface area contributed by atoms with Gasteiger partial charge in [0.25, 0.3) is 0 Å². The molecule has 27 heavy (non-hydrogen) atoms. The van der Waals surface area contributed by atoms with Gasteiger partial charge in [0.1, 0.15) is 39.7 Å². The Morgan fingerprint density at radius 1 is 1.04 bits per heavy atom. The lowest BCUT2D eigenvalue weighted by Crippen LogP contribution is -2.02. The smallest absolute Gasteiger partial charge is 0.197 e. The molecule has 0 aliphatic heterocycles. The maximum atomic E-state index is 12.6. The molecule has 0 spiro atoms. The first-order chi connectivity index (χ1) is 12.8. The topological polar surface area (TPSA) is 111 Å². The molecule has 0 saturated carbocycles. The number of benzene rings is 2. The van der Waals surface area contributed by atoms with Crippen molar-refractivity contribution in [2.75, 3.05) is 0 Å². The molecule has 0 unspecified atom stereocenters. The molecule has 2 aromatic carbocycles. The summed E-state index contributed by atoms with van der Waals surface area (Å²) in [6.45, 7) is 3.91. The Morgan fingerprint density at radius 2 is 1.78 bits per heavy atom. The highest BCUT2D eigenvalue weighted by Gasteiger charge is 2.18. The molecule has 3 rings (SSSR count). The first kappa shape index (κ1) is 18.4. The number of fused-ring (bicyclic) bond motifs is 1. The van der Waals surface area contributed by atoms with Crippen molar-refractivity contribution < 1.29 is 24.8 Å². The Labute approximate surface area is 155 Å². The van der Waals surface area contributed by atoms with Gasteiger partial charge in [-0.15, -0.1) is 0 Å². The predicted octanol–water partition coefficient (Wildman–Crippen LogP) is 4.18. The summed E-state index contributed by atoms with van der Waals surface area (Å²) < 4.78 is 5.64. The van der Waals surface area contributed by atoms with E-state index in [0.29, 0.717) is 12.8 Å². The first-order valence-electron chi connectivity index (χ1n) is 8.45. The Hall–Kier alpha value is -3.41. The van der Waals surface area contributed by atoms with Gasteiger partial charge >= 0.3 is 0 Å². The van der Waals surface area contributed by atoms with Crippen LogP contribution in [0, 0.1) is 0 Å². The maximum absolute atomic E-state index is 12.6. The normalized spacial score (nSPS) is 10.9. The van der Waals surface area contributed by atoms with Crippen LogP contribution in [0.3, 0.4) is 0 Å². The van der Waals surface area contributed by atoms with E-state index in [-0.39, 0.29) is 50.9 Å². The van der Waals surface area contributed by atoms with Crippen molar-refractivity contribution in [3.63, 3.8) is 0 Å². The summed E-state index contributed by atoms with van der Waals surface area (Å²) in [6.07, 6.45) is 2.96. The molecule has 0 saturated heterocycles. The van der Waals surface area contributed by atoms with E-state index < -0.39 is 5.43 Å². The molecule has 1 heterocycles. The minimum atomic E-state index is -0.500. The van der Waals surface area contributed by atoms with Crippen molar-refractivity contribution in [1.29, 1.82) is 0 Å². The van der Waals surface area contributed by atoms with Crippen molar-refractivity contribution in [2.24, 2.45) is 0 Å². The SMILES string of the molecule is CC(C)=CCCc1c(O)cc2oc(-c3ccc(O)cc3O)cc(=O)c2c1O. The quantitative estimate of drug-likeness (QED) is 0.514. The van der Waals surface area contributed by atoms with Crippen LogP contribution in [0.15, 0.2) is 51.2 Å². The van der Waals surface area contributed by atoms with Crippen LogP contribution >= 0.6 is 0 Å². The number of rotatable bonds is 4. The summed E-state index contributed by atoms with van der Waals surface area (Å²) in [5.41, 5.74) is 1.12. The zero-order chi connectivity index (χ0) is 19.7. The van der Waals surface area contributed by atoms with Crippen LogP contribution < -0.4 is 5.43 Å². The second kappa shape index (κ2) is 7.07. The number of hydrogen-bond donors (Lipinski definition) is 4. The molecule has 1 aromatic heterocycles. The zero-order valence-electron chi connectivity index (χ0n) is 15.0. The second-order valence-electron chi connectivity index (χ2n) is 6.59.